The first-order chi connectivity index (χ1) is 7.91. The Bertz CT molecular complexity index is 381. The molecule has 0 aliphatic carbocycles. The maximum Gasteiger partial charge on any atom is 0.239 e. The molecule has 102 valence electrons. The molecule has 0 aliphatic rings. The molecule has 0 bridgehead atoms. The van der Waals surface area contributed by atoms with Gasteiger partial charge in [-0.25, -0.2) is 4.39 Å². The van der Waals surface area contributed by atoms with E-state index in [4.69, 9.17) is 5.73 Å². The van der Waals surface area contributed by atoms with Crippen LogP contribution in [0.1, 0.15) is 19.4 Å². The lowest BCUT2D eigenvalue weighted by molar-refractivity contribution is -0.132. The predicted molar refractivity (Wildman–Crippen MR) is 72.9 cm³/mol. The Morgan fingerprint density at radius 2 is 1.83 bits per heavy atom. The van der Waals surface area contributed by atoms with Gasteiger partial charge in [0.15, 0.2) is 0 Å². The molecule has 3 nitrogen and oxygen atoms in total. The van der Waals surface area contributed by atoms with E-state index in [2.05, 4.69) is 0 Å². The summed E-state index contributed by atoms with van der Waals surface area (Å²) in [5.74, 6) is -0.260. The second-order valence-electron chi connectivity index (χ2n) is 4.59. The first-order valence-corrected chi connectivity index (χ1v) is 5.67. The lowest BCUT2D eigenvalue weighted by Crippen LogP contribution is -2.44. The van der Waals surface area contributed by atoms with Gasteiger partial charge >= 0.3 is 0 Å². The van der Waals surface area contributed by atoms with E-state index in [0.717, 1.165) is 5.56 Å². The lowest BCUT2D eigenvalue weighted by atomic mass is 10.0. The van der Waals surface area contributed by atoms with E-state index in [-0.39, 0.29) is 30.0 Å². The van der Waals surface area contributed by atoms with Crippen molar-refractivity contribution in [2.24, 2.45) is 11.7 Å². The van der Waals surface area contributed by atoms with Crippen molar-refractivity contribution in [3.05, 3.63) is 35.6 Å². The summed E-state index contributed by atoms with van der Waals surface area (Å²) in [6.07, 6.45) is 0. The van der Waals surface area contributed by atoms with Crippen molar-refractivity contribution in [2.45, 2.75) is 26.4 Å². The summed E-state index contributed by atoms with van der Waals surface area (Å²) in [5.41, 5.74) is 6.67. The number of carbonyl (C=O) groups is 1. The number of benzene rings is 1. The Balaban J connectivity index is 0.00000289. The van der Waals surface area contributed by atoms with E-state index < -0.39 is 6.04 Å². The van der Waals surface area contributed by atoms with Crippen LogP contribution in [0.25, 0.3) is 0 Å². The van der Waals surface area contributed by atoms with Crippen LogP contribution >= 0.6 is 12.4 Å². The molecule has 1 rings (SSSR count). The number of nitrogens with zero attached hydrogens (tertiary/aromatic N) is 1. The van der Waals surface area contributed by atoms with Crippen LogP contribution in [0.4, 0.5) is 4.39 Å². The van der Waals surface area contributed by atoms with E-state index in [0.29, 0.717) is 6.54 Å². The highest BCUT2D eigenvalue weighted by atomic mass is 35.5. The van der Waals surface area contributed by atoms with Crippen LogP contribution in [0.3, 0.4) is 0 Å². The van der Waals surface area contributed by atoms with Gasteiger partial charge in [-0.3, -0.25) is 4.79 Å². The van der Waals surface area contributed by atoms with Crippen LogP contribution in [0.2, 0.25) is 0 Å². The molecule has 0 aliphatic heterocycles. The number of likely N-dealkylation sites (N-methyl/N-ethyl adjacent to an activating group) is 1. The summed E-state index contributed by atoms with van der Waals surface area (Å²) in [5, 5.41) is 0. The van der Waals surface area contributed by atoms with E-state index in [9.17, 15) is 9.18 Å². The van der Waals surface area contributed by atoms with Crippen molar-refractivity contribution in [1.82, 2.24) is 4.90 Å². The molecule has 0 saturated heterocycles. The number of hydrogen-bond donors (Lipinski definition) is 1. The average Bonchev–Trinajstić information content (AvgIpc) is 2.30. The molecule has 0 saturated carbocycles. The third-order valence-corrected chi connectivity index (χ3v) is 2.71. The fraction of sp³-hybridized carbons (Fsp3) is 0.462. The molecule has 1 unspecified atom stereocenters. The topological polar surface area (TPSA) is 46.3 Å². The molecule has 0 spiro atoms. The monoisotopic (exact) mass is 274 g/mol. The standard InChI is InChI=1S/C13H19FN2O.ClH/c1-9(2)12(15)13(17)16(3)8-10-4-6-11(14)7-5-10;/h4-7,9,12H,8,15H2,1-3H3;1H. The van der Waals surface area contributed by atoms with Crippen molar-refractivity contribution in [3.63, 3.8) is 0 Å². The number of rotatable bonds is 4. The molecular formula is C13H20ClFN2O. The fourth-order valence-corrected chi connectivity index (χ4v) is 1.48. The predicted octanol–water partition coefficient (Wildman–Crippen LogP) is 2.19. The molecule has 2 N–H and O–H groups in total. The molecule has 18 heavy (non-hydrogen) atoms. The second-order valence-corrected chi connectivity index (χ2v) is 4.59. The van der Waals surface area contributed by atoms with Crippen LogP contribution in [0.15, 0.2) is 24.3 Å². The van der Waals surface area contributed by atoms with Gasteiger partial charge in [-0.15, -0.1) is 12.4 Å². The molecule has 1 amide bonds. The fourth-order valence-electron chi connectivity index (χ4n) is 1.48. The summed E-state index contributed by atoms with van der Waals surface area (Å²) in [6.45, 7) is 4.27. The molecule has 0 heterocycles. The van der Waals surface area contributed by atoms with E-state index in [1.54, 1.807) is 24.1 Å². The SMILES string of the molecule is CC(C)C(N)C(=O)N(C)Cc1ccc(F)cc1.Cl. The third-order valence-electron chi connectivity index (χ3n) is 2.71. The van der Waals surface area contributed by atoms with E-state index in [1.165, 1.54) is 12.1 Å². The minimum Gasteiger partial charge on any atom is -0.340 e. The van der Waals surface area contributed by atoms with Gasteiger partial charge in [0.2, 0.25) is 5.91 Å². The van der Waals surface area contributed by atoms with Gasteiger partial charge < -0.3 is 10.6 Å². The normalized spacial score (nSPS) is 11.9. The number of halogens is 2. The molecule has 0 fully saturated rings. The average molecular weight is 275 g/mol. The molecule has 0 radical (unpaired) electrons. The van der Waals surface area contributed by atoms with Gasteiger partial charge in [-0.05, 0) is 23.6 Å². The number of amides is 1. The largest absolute Gasteiger partial charge is 0.340 e. The number of nitrogens with two attached hydrogens (primary N) is 1. The quantitative estimate of drug-likeness (QED) is 0.915. The van der Waals surface area contributed by atoms with Crippen molar-refractivity contribution in [1.29, 1.82) is 0 Å². The van der Waals surface area contributed by atoms with Crippen molar-refractivity contribution in [2.75, 3.05) is 7.05 Å². The minimum absolute atomic E-state index is 0. The molecule has 5 heteroatoms. The maximum absolute atomic E-state index is 12.7. The summed E-state index contributed by atoms with van der Waals surface area (Å²) in [7, 11) is 1.70. The highest BCUT2D eigenvalue weighted by molar-refractivity contribution is 5.85. The smallest absolute Gasteiger partial charge is 0.239 e. The first kappa shape index (κ1) is 16.9. The number of hydrogen-bond acceptors (Lipinski definition) is 2. The van der Waals surface area contributed by atoms with Crippen LogP contribution in [0, 0.1) is 11.7 Å². The van der Waals surface area contributed by atoms with Gasteiger partial charge in [-0.2, -0.15) is 0 Å². The van der Waals surface area contributed by atoms with Gasteiger partial charge in [0.05, 0.1) is 6.04 Å². The van der Waals surface area contributed by atoms with Crippen LogP contribution < -0.4 is 5.73 Å². The molecule has 1 aromatic rings. The molecule has 1 aromatic carbocycles. The zero-order chi connectivity index (χ0) is 13.0. The minimum atomic E-state index is -0.486. The Labute approximate surface area is 114 Å². The lowest BCUT2D eigenvalue weighted by Gasteiger charge is -2.23. The summed E-state index contributed by atoms with van der Waals surface area (Å²) in [4.78, 5) is 13.4. The summed E-state index contributed by atoms with van der Waals surface area (Å²) < 4.78 is 12.7. The van der Waals surface area contributed by atoms with Crippen molar-refractivity contribution < 1.29 is 9.18 Å². The molecule has 0 aromatic heterocycles. The highest BCUT2D eigenvalue weighted by Crippen LogP contribution is 2.08. The highest BCUT2D eigenvalue weighted by Gasteiger charge is 2.20. The number of carbonyl (C=O) groups excluding carboxylic acids is 1. The van der Waals surface area contributed by atoms with Crippen molar-refractivity contribution >= 4 is 18.3 Å². The van der Waals surface area contributed by atoms with Crippen molar-refractivity contribution in [3.8, 4) is 0 Å². The molecular weight excluding hydrogens is 255 g/mol. The van der Waals surface area contributed by atoms with Crippen LogP contribution in [0.5, 0.6) is 0 Å². The summed E-state index contributed by atoms with van der Waals surface area (Å²) >= 11 is 0. The summed E-state index contributed by atoms with van der Waals surface area (Å²) in [6, 6.07) is 5.62. The van der Waals surface area contributed by atoms with E-state index in [1.807, 2.05) is 13.8 Å². The third kappa shape index (κ3) is 4.63. The van der Waals surface area contributed by atoms with Gasteiger partial charge in [0, 0.05) is 13.6 Å². The molecule has 1 atom stereocenters. The Morgan fingerprint density at radius 1 is 1.33 bits per heavy atom. The Hall–Kier alpha value is -1.13. The zero-order valence-electron chi connectivity index (χ0n) is 10.9. The van der Waals surface area contributed by atoms with E-state index >= 15 is 0 Å². The Kier molecular flexibility index (Phi) is 6.88. The zero-order valence-corrected chi connectivity index (χ0v) is 11.7. The van der Waals surface area contributed by atoms with Gasteiger partial charge in [0.25, 0.3) is 0 Å². The Morgan fingerprint density at radius 3 is 2.28 bits per heavy atom. The van der Waals surface area contributed by atoms with Gasteiger partial charge in [0.1, 0.15) is 5.82 Å². The van der Waals surface area contributed by atoms with Gasteiger partial charge in [-0.1, -0.05) is 26.0 Å². The maximum atomic E-state index is 12.7. The van der Waals surface area contributed by atoms with Crippen LogP contribution in [-0.2, 0) is 11.3 Å². The van der Waals surface area contributed by atoms with Crippen LogP contribution in [-0.4, -0.2) is 23.9 Å². The first-order valence-electron chi connectivity index (χ1n) is 5.67. The second kappa shape index (κ2) is 7.34.